The number of aromatic nitrogens is 2. The topological polar surface area (TPSA) is 85.6 Å². The highest BCUT2D eigenvalue weighted by Crippen LogP contribution is 2.21. The van der Waals surface area contributed by atoms with Crippen LogP contribution in [0.1, 0.15) is 25.3 Å². The summed E-state index contributed by atoms with van der Waals surface area (Å²) in [6.07, 6.45) is 1.61. The van der Waals surface area contributed by atoms with Crippen LogP contribution in [0.2, 0.25) is 0 Å². The summed E-state index contributed by atoms with van der Waals surface area (Å²) in [5.41, 5.74) is 0.295. The Morgan fingerprint density at radius 2 is 1.90 bits per heavy atom. The van der Waals surface area contributed by atoms with E-state index in [2.05, 4.69) is 5.32 Å². The number of nitrogens with zero attached hydrogens (tertiary/aromatic N) is 3. The fraction of sp³-hybridized carbons (Fsp3) is 0.476. The van der Waals surface area contributed by atoms with Crippen molar-refractivity contribution in [2.24, 2.45) is 20.0 Å². The molecule has 1 fully saturated rings. The molecule has 0 spiro atoms. The Hall–Kier alpha value is -3.03. The molecule has 156 valence electrons. The van der Waals surface area contributed by atoms with Gasteiger partial charge < -0.3 is 15.0 Å². The molecule has 1 aromatic carbocycles. The van der Waals surface area contributed by atoms with Crippen LogP contribution in [0.4, 0.5) is 5.82 Å². The minimum absolute atomic E-state index is 0.0163. The Balaban J connectivity index is 1.64. The van der Waals surface area contributed by atoms with E-state index in [0.717, 1.165) is 28.7 Å². The summed E-state index contributed by atoms with van der Waals surface area (Å²) in [5, 5.41) is 3.00. The van der Waals surface area contributed by atoms with E-state index in [4.69, 9.17) is 4.74 Å². The summed E-state index contributed by atoms with van der Waals surface area (Å²) in [6.45, 7) is 4.20. The molecule has 2 heterocycles. The van der Waals surface area contributed by atoms with Crippen molar-refractivity contribution < 1.29 is 9.53 Å². The molecule has 1 saturated heterocycles. The first kappa shape index (κ1) is 20.7. The second kappa shape index (κ2) is 8.98. The molecular formula is C21H28N4O4. The molecule has 0 bridgehead atoms. The van der Waals surface area contributed by atoms with E-state index in [0.29, 0.717) is 32.1 Å². The first-order valence-electron chi connectivity index (χ1n) is 9.92. The molecule has 1 atom stereocenters. The Labute approximate surface area is 169 Å². The average Bonchev–Trinajstić information content (AvgIpc) is 2.74. The number of rotatable bonds is 6. The molecule has 0 saturated carbocycles. The molecule has 3 rings (SSSR count). The van der Waals surface area contributed by atoms with Crippen molar-refractivity contribution in [3.05, 3.63) is 56.7 Å². The molecule has 1 amide bonds. The van der Waals surface area contributed by atoms with Crippen LogP contribution in [0.25, 0.3) is 0 Å². The van der Waals surface area contributed by atoms with Crippen molar-refractivity contribution in [2.75, 3.05) is 24.6 Å². The third-order valence-electron chi connectivity index (χ3n) is 5.32. The van der Waals surface area contributed by atoms with Gasteiger partial charge in [0.2, 0.25) is 5.91 Å². The number of anilines is 1. The number of benzene rings is 1. The number of carbonyl (C=O) groups excluding carboxylic acids is 1. The molecular weight excluding hydrogens is 372 g/mol. The van der Waals surface area contributed by atoms with Crippen molar-refractivity contribution in [3.8, 4) is 5.75 Å². The molecule has 1 unspecified atom stereocenters. The summed E-state index contributed by atoms with van der Waals surface area (Å²) in [7, 11) is 3.11. The summed E-state index contributed by atoms with van der Waals surface area (Å²) in [4.78, 5) is 38.9. The number of piperidine rings is 1. The van der Waals surface area contributed by atoms with Crippen molar-refractivity contribution in [1.82, 2.24) is 14.5 Å². The van der Waals surface area contributed by atoms with E-state index in [1.807, 2.05) is 36.1 Å². The summed E-state index contributed by atoms with van der Waals surface area (Å²) >= 11 is 0. The molecule has 1 N–H and O–H groups in total. The Morgan fingerprint density at radius 3 is 2.59 bits per heavy atom. The number of hydrogen-bond donors (Lipinski definition) is 1. The van der Waals surface area contributed by atoms with Crippen LogP contribution >= 0.6 is 0 Å². The maximum Gasteiger partial charge on any atom is 0.332 e. The largest absolute Gasteiger partial charge is 0.494 e. The van der Waals surface area contributed by atoms with Gasteiger partial charge in [0.05, 0.1) is 12.5 Å². The molecule has 0 aliphatic carbocycles. The molecule has 1 aromatic heterocycles. The zero-order valence-electron chi connectivity index (χ0n) is 17.2. The highest BCUT2D eigenvalue weighted by Gasteiger charge is 2.27. The lowest BCUT2D eigenvalue weighted by Crippen LogP contribution is -2.46. The quantitative estimate of drug-likeness (QED) is 0.782. The van der Waals surface area contributed by atoms with Crippen molar-refractivity contribution in [3.63, 3.8) is 0 Å². The van der Waals surface area contributed by atoms with E-state index in [1.54, 1.807) is 7.05 Å². The van der Waals surface area contributed by atoms with Crippen molar-refractivity contribution >= 4 is 11.7 Å². The van der Waals surface area contributed by atoms with Crippen LogP contribution in [0.15, 0.2) is 39.9 Å². The SMILES string of the molecule is CCOc1ccc(CNC(=O)C2CCCN(c3cc(=O)n(C)c(=O)n3C)C2)cc1. The summed E-state index contributed by atoms with van der Waals surface area (Å²) in [5.74, 6) is 1.16. The van der Waals surface area contributed by atoms with E-state index in [1.165, 1.54) is 17.7 Å². The maximum absolute atomic E-state index is 12.7. The molecule has 1 aliphatic rings. The van der Waals surface area contributed by atoms with E-state index < -0.39 is 0 Å². The maximum atomic E-state index is 12.7. The van der Waals surface area contributed by atoms with Gasteiger partial charge in [0.25, 0.3) is 5.56 Å². The highest BCUT2D eigenvalue weighted by molar-refractivity contribution is 5.79. The van der Waals surface area contributed by atoms with Gasteiger partial charge in [0.15, 0.2) is 0 Å². The Morgan fingerprint density at radius 1 is 1.17 bits per heavy atom. The normalized spacial score (nSPS) is 16.5. The van der Waals surface area contributed by atoms with Crippen LogP contribution < -0.4 is 26.2 Å². The Bertz CT molecular complexity index is 978. The van der Waals surface area contributed by atoms with Gasteiger partial charge in [-0.05, 0) is 37.5 Å². The summed E-state index contributed by atoms with van der Waals surface area (Å²) < 4.78 is 7.97. The molecule has 29 heavy (non-hydrogen) atoms. The standard InChI is InChI=1S/C21H28N4O4/c1-4-29-17-9-7-15(8-10-17)13-22-20(27)16-6-5-11-25(14-16)18-12-19(26)24(3)21(28)23(18)2/h7-10,12,16H,4-6,11,13-14H2,1-3H3,(H,22,27). The molecule has 8 heteroatoms. The lowest BCUT2D eigenvalue weighted by Gasteiger charge is -2.34. The molecule has 0 radical (unpaired) electrons. The van der Waals surface area contributed by atoms with Crippen molar-refractivity contribution in [1.29, 1.82) is 0 Å². The molecule has 8 nitrogen and oxygen atoms in total. The van der Waals surface area contributed by atoms with Crippen LogP contribution in [0, 0.1) is 5.92 Å². The lowest BCUT2D eigenvalue weighted by atomic mass is 9.97. The van der Waals surface area contributed by atoms with Gasteiger partial charge in [-0.15, -0.1) is 0 Å². The second-order valence-electron chi connectivity index (χ2n) is 7.32. The third-order valence-corrected chi connectivity index (χ3v) is 5.32. The van der Waals surface area contributed by atoms with Gasteiger partial charge in [-0.3, -0.25) is 18.7 Å². The van der Waals surface area contributed by atoms with Gasteiger partial charge in [-0.25, -0.2) is 4.79 Å². The van der Waals surface area contributed by atoms with Crippen molar-refractivity contribution in [2.45, 2.75) is 26.3 Å². The van der Waals surface area contributed by atoms with Gasteiger partial charge >= 0.3 is 5.69 Å². The molecule has 2 aromatic rings. The van der Waals surface area contributed by atoms with Crippen LogP contribution in [0.3, 0.4) is 0 Å². The molecule has 1 aliphatic heterocycles. The van der Waals surface area contributed by atoms with Gasteiger partial charge in [0.1, 0.15) is 11.6 Å². The second-order valence-corrected chi connectivity index (χ2v) is 7.32. The van der Waals surface area contributed by atoms with Crippen LogP contribution in [-0.4, -0.2) is 34.7 Å². The number of amides is 1. The Kier molecular flexibility index (Phi) is 6.41. The predicted octanol–water partition coefficient (Wildman–Crippen LogP) is 1.02. The fourth-order valence-corrected chi connectivity index (χ4v) is 3.63. The summed E-state index contributed by atoms with van der Waals surface area (Å²) in [6, 6.07) is 9.12. The van der Waals surface area contributed by atoms with E-state index >= 15 is 0 Å². The first-order chi connectivity index (χ1) is 13.9. The number of carbonyl (C=O) groups is 1. The predicted molar refractivity (Wildman–Crippen MR) is 111 cm³/mol. The van der Waals surface area contributed by atoms with E-state index in [9.17, 15) is 14.4 Å². The van der Waals surface area contributed by atoms with Gasteiger partial charge in [0, 0.05) is 39.8 Å². The number of hydrogen-bond acceptors (Lipinski definition) is 5. The number of ether oxygens (including phenoxy) is 1. The minimum Gasteiger partial charge on any atom is -0.494 e. The third kappa shape index (κ3) is 4.70. The minimum atomic E-state index is -0.366. The zero-order chi connectivity index (χ0) is 21.0. The van der Waals surface area contributed by atoms with E-state index in [-0.39, 0.29) is 23.1 Å². The van der Waals surface area contributed by atoms with Crippen LogP contribution in [0.5, 0.6) is 5.75 Å². The highest BCUT2D eigenvalue weighted by atomic mass is 16.5. The fourth-order valence-electron chi connectivity index (χ4n) is 3.63. The van der Waals surface area contributed by atoms with Gasteiger partial charge in [-0.2, -0.15) is 0 Å². The van der Waals surface area contributed by atoms with Crippen LogP contribution in [-0.2, 0) is 25.4 Å². The smallest absolute Gasteiger partial charge is 0.332 e. The van der Waals surface area contributed by atoms with Gasteiger partial charge in [-0.1, -0.05) is 12.1 Å². The first-order valence-corrected chi connectivity index (χ1v) is 9.92. The lowest BCUT2D eigenvalue weighted by molar-refractivity contribution is -0.125. The average molecular weight is 400 g/mol. The number of nitrogens with one attached hydrogen (secondary N) is 1. The zero-order valence-corrected chi connectivity index (χ0v) is 17.2. The monoisotopic (exact) mass is 400 g/mol.